The topological polar surface area (TPSA) is 101 Å². The summed E-state index contributed by atoms with van der Waals surface area (Å²) in [6, 6.07) is 3.28. The number of carbonyl (C=O) groups is 1. The number of aromatic carboxylic acids is 1. The van der Waals surface area contributed by atoms with Crippen LogP contribution < -0.4 is 5.32 Å². The highest BCUT2D eigenvalue weighted by atomic mass is 16.5. The summed E-state index contributed by atoms with van der Waals surface area (Å²) in [5.74, 6) is -0.158. The van der Waals surface area contributed by atoms with Crippen molar-refractivity contribution in [3.05, 3.63) is 35.0 Å². The van der Waals surface area contributed by atoms with Crippen molar-refractivity contribution in [3.8, 4) is 0 Å². The number of hydrogen-bond donors (Lipinski definition) is 2. The molecule has 0 saturated carbocycles. The van der Waals surface area contributed by atoms with Crippen molar-refractivity contribution in [1.29, 1.82) is 0 Å². The van der Waals surface area contributed by atoms with Gasteiger partial charge in [0.25, 0.3) is 0 Å². The Bertz CT molecular complexity index is 609. The largest absolute Gasteiger partial charge is 0.477 e. The van der Waals surface area contributed by atoms with E-state index in [0.29, 0.717) is 18.0 Å². The number of carboxylic acid groups (broad SMARTS) is 1. The summed E-state index contributed by atoms with van der Waals surface area (Å²) in [5, 5.41) is 15.8. The number of aromatic nitrogens is 3. The fourth-order valence-corrected chi connectivity index (χ4v) is 1.74. The predicted octanol–water partition coefficient (Wildman–Crippen LogP) is 2.04. The molecule has 0 radical (unpaired) electrons. The molecule has 0 unspecified atom stereocenters. The Kier molecular flexibility index (Phi) is 4.29. The van der Waals surface area contributed by atoms with Crippen molar-refractivity contribution in [2.24, 2.45) is 0 Å². The first-order chi connectivity index (χ1) is 9.58. The zero-order chi connectivity index (χ0) is 14.5. The first kappa shape index (κ1) is 14.0. The van der Waals surface area contributed by atoms with Gasteiger partial charge in [-0.15, -0.1) is 0 Å². The summed E-state index contributed by atoms with van der Waals surface area (Å²) < 4.78 is 5.16. The van der Waals surface area contributed by atoms with Crippen LogP contribution in [0.2, 0.25) is 0 Å². The molecule has 0 amide bonds. The number of hydrogen-bond acceptors (Lipinski definition) is 6. The molecule has 2 N–H and O–H groups in total. The molecule has 0 aromatic carbocycles. The summed E-state index contributed by atoms with van der Waals surface area (Å²) in [6.07, 6.45) is 1.87. The van der Waals surface area contributed by atoms with Gasteiger partial charge in [-0.05, 0) is 19.4 Å². The molecule has 2 aromatic heterocycles. The zero-order valence-corrected chi connectivity index (χ0v) is 11.4. The first-order valence-electron chi connectivity index (χ1n) is 6.35. The lowest BCUT2D eigenvalue weighted by molar-refractivity contribution is 0.0690. The summed E-state index contributed by atoms with van der Waals surface area (Å²) in [5.41, 5.74) is 1.45. The Morgan fingerprint density at radius 2 is 2.20 bits per heavy atom. The smallest absolute Gasteiger partial charge is 0.354 e. The Morgan fingerprint density at radius 1 is 1.40 bits per heavy atom. The van der Waals surface area contributed by atoms with Crippen molar-refractivity contribution in [2.45, 2.75) is 33.2 Å². The predicted molar refractivity (Wildman–Crippen MR) is 71.6 cm³/mol. The van der Waals surface area contributed by atoms with Gasteiger partial charge in [0.15, 0.2) is 11.5 Å². The maximum absolute atomic E-state index is 10.9. The van der Waals surface area contributed by atoms with E-state index in [9.17, 15) is 4.79 Å². The van der Waals surface area contributed by atoms with Crippen molar-refractivity contribution in [1.82, 2.24) is 15.1 Å². The fourth-order valence-electron chi connectivity index (χ4n) is 1.74. The van der Waals surface area contributed by atoms with Crippen LogP contribution in [-0.2, 0) is 13.0 Å². The average molecular weight is 276 g/mol. The lowest BCUT2D eigenvalue weighted by Gasteiger charge is -2.04. The minimum Gasteiger partial charge on any atom is -0.477 e. The second-order valence-electron chi connectivity index (χ2n) is 4.41. The maximum Gasteiger partial charge on any atom is 0.354 e. The van der Waals surface area contributed by atoms with E-state index in [1.807, 2.05) is 6.07 Å². The molecule has 0 aliphatic heterocycles. The van der Waals surface area contributed by atoms with Gasteiger partial charge in [0.2, 0.25) is 5.95 Å². The molecule has 20 heavy (non-hydrogen) atoms. The lowest BCUT2D eigenvalue weighted by atomic mass is 10.2. The van der Waals surface area contributed by atoms with Gasteiger partial charge in [0, 0.05) is 11.8 Å². The van der Waals surface area contributed by atoms with Gasteiger partial charge in [0.1, 0.15) is 0 Å². The molecule has 2 heterocycles. The molecule has 0 bridgehead atoms. The average Bonchev–Trinajstić information content (AvgIpc) is 2.84. The minimum atomic E-state index is -1.08. The van der Waals surface area contributed by atoms with Gasteiger partial charge in [-0.3, -0.25) is 0 Å². The Balaban J connectivity index is 2.04. The van der Waals surface area contributed by atoms with E-state index in [2.05, 4.69) is 27.4 Å². The summed E-state index contributed by atoms with van der Waals surface area (Å²) in [7, 11) is 0. The third kappa shape index (κ3) is 3.53. The van der Waals surface area contributed by atoms with Gasteiger partial charge in [0.05, 0.1) is 12.2 Å². The summed E-state index contributed by atoms with van der Waals surface area (Å²) >= 11 is 0. The Morgan fingerprint density at radius 3 is 2.90 bits per heavy atom. The van der Waals surface area contributed by atoms with Crippen LogP contribution in [0, 0.1) is 6.92 Å². The fraction of sp³-hybridized carbons (Fsp3) is 0.385. The molecule has 2 rings (SSSR count). The van der Waals surface area contributed by atoms with Crippen molar-refractivity contribution in [3.63, 3.8) is 0 Å². The van der Waals surface area contributed by atoms with Crippen LogP contribution in [0.4, 0.5) is 5.95 Å². The highest BCUT2D eigenvalue weighted by molar-refractivity contribution is 5.85. The lowest BCUT2D eigenvalue weighted by Crippen LogP contribution is -2.08. The van der Waals surface area contributed by atoms with Crippen molar-refractivity contribution in [2.75, 3.05) is 5.32 Å². The van der Waals surface area contributed by atoms with Gasteiger partial charge < -0.3 is 14.9 Å². The molecule has 0 fully saturated rings. The SMILES string of the molecule is CCCc1cc(CNc2nc(C)cc(C(=O)O)n2)on1. The molecule has 0 saturated heterocycles. The summed E-state index contributed by atoms with van der Waals surface area (Å²) in [6.45, 7) is 4.15. The third-order valence-electron chi connectivity index (χ3n) is 2.61. The molecule has 0 spiro atoms. The molecular formula is C13H16N4O3. The van der Waals surface area contributed by atoms with E-state index >= 15 is 0 Å². The Hall–Kier alpha value is -2.44. The second kappa shape index (κ2) is 6.14. The molecule has 0 aliphatic rings. The number of nitrogens with zero attached hydrogens (tertiary/aromatic N) is 3. The quantitative estimate of drug-likeness (QED) is 0.832. The van der Waals surface area contributed by atoms with Crippen LogP contribution >= 0.6 is 0 Å². The normalized spacial score (nSPS) is 10.5. The number of carboxylic acids is 1. The highest BCUT2D eigenvalue weighted by Gasteiger charge is 2.09. The van der Waals surface area contributed by atoms with Crippen molar-refractivity contribution >= 4 is 11.9 Å². The van der Waals surface area contributed by atoms with E-state index in [-0.39, 0.29) is 11.6 Å². The number of nitrogens with one attached hydrogen (secondary N) is 1. The molecule has 2 aromatic rings. The van der Waals surface area contributed by atoms with Crippen LogP contribution in [0.25, 0.3) is 0 Å². The molecule has 106 valence electrons. The van der Waals surface area contributed by atoms with Crippen LogP contribution in [-0.4, -0.2) is 26.2 Å². The molecule has 7 nitrogen and oxygen atoms in total. The highest BCUT2D eigenvalue weighted by Crippen LogP contribution is 2.09. The van der Waals surface area contributed by atoms with Gasteiger partial charge >= 0.3 is 5.97 Å². The molecular weight excluding hydrogens is 260 g/mol. The monoisotopic (exact) mass is 276 g/mol. The summed E-state index contributed by atoms with van der Waals surface area (Å²) in [4.78, 5) is 18.9. The maximum atomic E-state index is 10.9. The van der Waals surface area contributed by atoms with E-state index in [4.69, 9.17) is 9.63 Å². The van der Waals surface area contributed by atoms with E-state index in [1.165, 1.54) is 6.07 Å². The van der Waals surface area contributed by atoms with E-state index < -0.39 is 5.97 Å². The first-order valence-corrected chi connectivity index (χ1v) is 6.35. The van der Waals surface area contributed by atoms with E-state index in [0.717, 1.165) is 18.5 Å². The second-order valence-corrected chi connectivity index (χ2v) is 4.41. The molecule has 0 atom stereocenters. The van der Waals surface area contributed by atoms with Crippen LogP contribution in [0.5, 0.6) is 0 Å². The number of anilines is 1. The molecule has 7 heteroatoms. The van der Waals surface area contributed by atoms with Crippen LogP contribution in [0.15, 0.2) is 16.7 Å². The minimum absolute atomic E-state index is 0.0377. The van der Waals surface area contributed by atoms with Crippen LogP contribution in [0.1, 0.15) is 41.0 Å². The Labute approximate surface area is 116 Å². The third-order valence-corrected chi connectivity index (χ3v) is 2.61. The van der Waals surface area contributed by atoms with E-state index in [1.54, 1.807) is 6.92 Å². The van der Waals surface area contributed by atoms with Crippen molar-refractivity contribution < 1.29 is 14.4 Å². The zero-order valence-electron chi connectivity index (χ0n) is 11.4. The van der Waals surface area contributed by atoms with Gasteiger partial charge in [-0.1, -0.05) is 18.5 Å². The standard InChI is InChI=1S/C13H16N4O3/c1-3-4-9-6-10(20-17-9)7-14-13-15-8(2)5-11(16-13)12(18)19/h5-6H,3-4,7H2,1-2H3,(H,18,19)(H,14,15,16). The molecule has 0 aliphatic carbocycles. The van der Waals surface area contributed by atoms with Gasteiger partial charge in [-0.2, -0.15) is 0 Å². The van der Waals surface area contributed by atoms with Crippen LogP contribution in [0.3, 0.4) is 0 Å². The number of rotatable bonds is 6. The van der Waals surface area contributed by atoms with Gasteiger partial charge in [-0.25, -0.2) is 14.8 Å². The number of aryl methyl sites for hydroxylation is 2.